The molecule has 16 heavy (non-hydrogen) atoms. The minimum atomic E-state index is -0.0538. The van der Waals surface area contributed by atoms with Crippen LogP contribution >= 0.6 is 0 Å². The second-order valence-corrected chi connectivity index (χ2v) is 4.11. The maximum atomic E-state index is 11.8. The van der Waals surface area contributed by atoms with Crippen LogP contribution in [0, 0.1) is 0 Å². The van der Waals surface area contributed by atoms with Crippen LogP contribution in [0.4, 0.5) is 5.69 Å². The molecule has 0 aliphatic carbocycles. The van der Waals surface area contributed by atoms with Crippen LogP contribution in [0.3, 0.4) is 0 Å². The zero-order chi connectivity index (χ0) is 11.4. The number of carbonyl (C=O) groups is 1. The molecule has 0 bridgehead atoms. The van der Waals surface area contributed by atoms with Crippen molar-refractivity contribution in [3.05, 3.63) is 29.8 Å². The van der Waals surface area contributed by atoms with Gasteiger partial charge in [0.1, 0.15) is 0 Å². The molecule has 1 saturated heterocycles. The van der Waals surface area contributed by atoms with Crippen LogP contribution in [-0.4, -0.2) is 24.0 Å². The number of benzene rings is 1. The van der Waals surface area contributed by atoms with Crippen molar-refractivity contribution in [3.8, 4) is 0 Å². The van der Waals surface area contributed by atoms with Gasteiger partial charge in [0.25, 0.3) is 5.91 Å². The van der Waals surface area contributed by atoms with Gasteiger partial charge in [-0.25, -0.2) is 5.01 Å². The summed E-state index contributed by atoms with van der Waals surface area (Å²) in [6, 6.07) is 6.97. The summed E-state index contributed by atoms with van der Waals surface area (Å²) >= 11 is 0. The Hall–Kier alpha value is -1.55. The van der Waals surface area contributed by atoms with Crippen molar-refractivity contribution in [2.45, 2.75) is 19.3 Å². The highest BCUT2D eigenvalue weighted by Crippen LogP contribution is 2.08. The minimum absolute atomic E-state index is 0.0538. The zero-order valence-corrected chi connectivity index (χ0v) is 9.28. The molecule has 0 radical (unpaired) electrons. The molecule has 1 aliphatic heterocycles. The van der Waals surface area contributed by atoms with Crippen molar-refractivity contribution >= 4 is 11.6 Å². The van der Waals surface area contributed by atoms with E-state index in [-0.39, 0.29) is 5.91 Å². The smallest absolute Gasteiger partial charge is 0.265 e. The Balaban J connectivity index is 1.94. The Morgan fingerprint density at radius 1 is 1.12 bits per heavy atom. The average molecular weight is 219 g/mol. The van der Waals surface area contributed by atoms with E-state index in [2.05, 4.69) is 5.43 Å². The van der Waals surface area contributed by atoms with Crippen LogP contribution in [0.15, 0.2) is 24.3 Å². The zero-order valence-electron chi connectivity index (χ0n) is 9.28. The average Bonchev–Trinajstić information content (AvgIpc) is 2.31. The fraction of sp³-hybridized carbons (Fsp3) is 0.417. The molecule has 0 saturated carbocycles. The first kappa shape index (κ1) is 11.0. The van der Waals surface area contributed by atoms with Crippen molar-refractivity contribution in [1.82, 2.24) is 10.4 Å². The number of rotatable bonds is 2. The lowest BCUT2D eigenvalue weighted by atomic mass is 10.1. The van der Waals surface area contributed by atoms with Gasteiger partial charge in [-0.3, -0.25) is 10.2 Å². The predicted molar refractivity (Wildman–Crippen MR) is 63.7 cm³/mol. The van der Waals surface area contributed by atoms with Crippen LogP contribution in [0.5, 0.6) is 0 Å². The Morgan fingerprint density at radius 3 is 2.38 bits per heavy atom. The second kappa shape index (κ2) is 4.99. The van der Waals surface area contributed by atoms with Gasteiger partial charge >= 0.3 is 0 Å². The molecule has 1 aromatic rings. The number of carbonyl (C=O) groups excluding carboxylic acids is 1. The van der Waals surface area contributed by atoms with E-state index in [9.17, 15) is 4.79 Å². The van der Waals surface area contributed by atoms with Gasteiger partial charge in [0.15, 0.2) is 0 Å². The normalized spacial score (nSPS) is 17.0. The third kappa shape index (κ3) is 2.73. The van der Waals surface area contributed by atoms with Crippen LogP contribution in [0.25, 0.3) is 0 Å². The third-order valence-electron chi connectivity index (χ3n) is 2.79. The second-order valence-electron chi connectivity index (χ2n) is 4.11. The Bertz CT molecular complexity index is 355. The first-order valence-corrected chi connectivity index (χ1v) is 5.67. The standard InChI is InChI=1S/C12H17N3O/c13-11-6-4-10(5-7-11)12(16)14-15-8-2-1-3-9-15/h4-7H,1-3,8-9,13H2,(H,14,16). The number of nitrogens with zero attached hydrogens (tertiary/aromatic N) is 1. The molecule has 1 amide bonds. The molecule has 1 aromatic carbocycles. The fourth-order valence-electron chi connectivity index (χ4n) is 1.85. The molecule has 1 aliphatic rings. The number of hydrazine groups is 1. The molecule has 1 fully saturated rings. The van der Waals surface area contributed by atoms with Crippen LogP contribution in [0.2, 0.25) is 0 Å². The monoisotopic (exact) mass is 219 g/mol. The van der Waals surface area contributed by atoms with Crippen molar-refractivity contribution < 1.29 is 4.79 Å². The van der Waals surface area contributed by atoms with Crippen molar-refractivity contribution in [2.24, 2.45) is 0 Å². The fourth-order valence-corrected chi connectivity index (χ4v) is 1.85. The molecule has 1 heterocycles. The van der Waals surface area contributed by atoms with E-state index < -0.39 is 0 Å². The van der Waals surface area contributed by atoms with Crippen LogP contribution in [0.1, 0.15) is 29.6 Å². The van der Waals surface area contributed by atoms with Gasteiger partial charge in [-0.2, -0.15) is 0 Å². The number of nitrogens with two attached hydrogens (primary N) is 1. The Labute approximate surface area is 95.4 Å². The van der Waals surface area contributed by atoms with Crippen molar-refractivity contribution in [1.29, 1.82) is 0 Å². The number of anilines is 1. The summed E-state index contributed by atoms with van der Waals surface area (Å²) in [7, 11) is 0. The van der Waals surface area contributed by atoms with E-state index >= 15 is 0 Å². The molecule has 0 atom stereocenters. The number of hydrogen-bond donors (Lipinski definition) is 2. The molecule has 0 unspecified atom stereocenters. The van der Waals surface area contributed by atoms with Crippen molar-refractivity contribution in [3.63, 3.8) is 0 Å². The number of nitrogens with one attached hydrogen (secondary N) is 1. The minimum Gasteiger partial charge on any atom is -0.399 e. The van der Waals surface area contributed by atoms with E-state index in [4.69, 9.17) is 5.73 Å². The van der Waals surface area contributed by atoms with E-state index in [1.165, 1.54) is 6.42 Å². The lowest BCUT2D eigenvalue weighted by molar-refractivity contribution is 0.0750. The van der Waals surface area contributed by atoms with E-state index in [0.29, 0.717) is 11.3 Å². The molecule has 4 heteroatoms. The van der Waals surface area contributed by atoms with Gasteiger partial charge < -0.3 is 5.73 Å². The predicted octanol–water partition coefficient (Wildman–Crippen LogP) is 1.40. The highest BCUT2D eigenvalue weighted by atomic mass is 16.2. The van der Waals surface area contributed by atoms with Gasteiger partial charge in [-0.05, 0) is 37.1 Å². The van der Waals surface area contributed by atoms with Gasteiger partial charge in [-0.15, -0.1) is 0 Å². The Kier molecular flexibility index (Phi) is 3.41. The molecular formula is C12H17N3O. The summed E-state index contributed by atoms with van der Waals surface area (Å²) in [6.07, 6.45) is 3.57. The van der Waals surface area contributed by atoms with E-state index in [0.717, 1.165) is 25.9 Å². The highest BCUT2D eigenvalue weighted by molar-refractivity contribution is 5.94. The summed E-state index contributed by atoms with van der Waals surface area (Å²) in [5.41, 5.74) is 9.81. The molecule has 3 N–H and O–H groups in total. The number of nitrogen functional groups attached to an aromatic ring is 1. The summed E-state index contributed by atoms with van der Waals surface area (Å²) < 4.78 is 0. The third-order valence-corrected chi connectivity index (χ3v) is 2.79. The quantitative estimate of drug-likeness (QED) is 0.739. The van der Waals surface area contributed by atoms with E-state index in [1.807, 2.05) is 5.01 Å². The molecule has 4 nitrogen and oxygen atoms in total. The van der Waals surface area contributed by atoms with Crippen LogP contribution < -0.4 is 11.2 Å². The summed E-state index contributed by atoms with van der Waals surface area (Å²) in [5.74, 6) is -0.0538. The molecule has 2 rings (SSSR count). The number of hydrogen-bond acceptors (Lipinski definition) is 3. The van der Waals surface area contributed by atoms with E-state index in [1.54, 1.807) is 24.3 Å². The summed E-state index contributed by atoms with van der Waals surface area (Å²) in [5, 5.41) is 1.99. The molecular weight excluding hydrogens is 202 g/mol. The SMILES string of the molecule is Nc1ccc(C(=O)NN2CCCCC2)cc1. The lowest BCUT2D eigenvalue weighted by Gasteiger charge is -2.26. The largest absolute Gasteiger partial charge is 0.399 e. The highest BCUT2D eigenvalue weighted by Gasteiger charge is 2.13. The maximum Gasteiger partial charge on any atom is 0.265 e. The number of amides is 1. The first-order chi connectivity index (χ1) is 7.75. The summed E-state index contributed by atoms with van der Waals surface area (Å²) in [6.45, 7) is 1.89. The van der Waals surface area contributed by atoms with Gasteiger partial charge in [0.05, 0.1) is 0 Å². The molecule has 86 valence electrons. The van der Waals surface area contributed by atoms with Crippen LogP contribution in [-0.2, 0) is 0 Å². The summed E-state index contributed by atoms with van der Waals surface area (Å²) in [4.78, 5) is 11.8. The van der Waals surface area contributed by atoms with Gasteiger partial charge in [0, 0.05) is 24.3 Å². The lowest BCUT2D eigenvalue weighted by Crippen LogP contribution is -2.45. The van der Waals surface area contributed by atoms with Gasteiger partial charge in [-0.1, -0.05) is 6.42 Å². The Morgan fingerprint density at radius 2 is 1.75 bits per heavy atom. The molecule has 0 spiro atoms. The van der Waals surface area contributed by atoms with Gasteiger partial charge in [0.2, 0.25) is 0 Å². The molecule has 0 aromatic heterocycles. The number of piperidine rings is 1. The topological polar surface area (TPSA) is 58.4 Å². The van der Waals surface area contributed by atoms with Crippen molar-refractivity contribution in [2.75, 3.05) is 18.8 Å². The first-order valence-electron chi connectivity index (χ1n) is 5.67. The maximum absolute atomic E-state index is 11.8.